The first-order chi connectivity index (χ1) is 7.65. The molecule has 0 N–H and O–H groups in total. The number of carbonyl (C=O) groups excluding carboxylic acids is 1. The highest BCUT2D eigenvalue weighted by Gasteiger charge is 2.13. The van der Waals surface area contributed by atoms with Crippen LogP contribution in [0.1, 0.15) is 36.5 Å². The molecule has 0 fully saturated rings. The molecule has 1 aromatic rings. The third-order valence-electron chi connectivity index (χ3n) is 2.08. The second-order valence-corrected chi connectivity index (χ2v) is 6.81. The fourth-order valence-electron chi connectivity index (χ4n) is 1.23. The highest BCUT2D eigenvalue weighted by Crippen LogP contribution is 2.31. The van der Waals surface area contributed by atoms with Crippen molar-refractivity contribution in [1.29, 1.82) is 0 Å². The van der Waals surface area contributed by atoms with E-state index in [1.807, 2.05) is 0 Å². The third kappa shape index (κ3) is 4.66. The molecule has 0 atom stereocenters. The lowest BCUT2D eigenvalue weighted by Gasteiger charge is -1.99. The SMILES string of the molecule is CCCCCSCC(=O)c1cc(Cl)sc1Cl. The maximum absolute atomic E-state index is 11.8. The van der Waals surface area contributed by atoms with Gasteiger partial charge in [0.1, 0.15) is 4.34 Å². The van der Waals surface area contributed by atoms with Crippen molar-refractivity contribution in [2.75, 3.05) is 11.5 Å². The van der Waals surface area contributed by atoms with Gasteiger partial charge in [0, 0.05) is 5.56 Å². The zero-order chi connectivity index (χ0) is 12.0. The van der Waals surface area contributed by atoms with Crippen LogP contribution in [0.2, 0.25) is 8.67 Å². The molecule has 0 aliphatic heterocycles. The summed E-state index contributed by atoms with van der Waals surface area (Å²) in [5, 5.41) is 0. The topological polar surface area (TPSA) is 17.1 Å². The van der Waals surface area contributed by atoms with Crippen LogP contribution in [0.4, 0.5) is 0 Å². The van der Waals surface area contributed by atoms with Crippen LogP contribution in [-0.2, 0) is 0 Å². The summed E-state index contributed by atoms with van der Waals surface area (Å²) >= 11 is 14.6. The van der Waals surface area contributed by atoms with Gasteiger partial charge in [-0.1, -0.05) is 43.0 Å². The van der Waals surface area contributed by atoms with Crippen LogP contribution >= 0.6 is 46.3 Å². The normalized spacial score (nSPS) is 10.7. The average molecular weight is 297 g/mol. The minimum Gasteiger partial charge on any atom is -0.293 e. The van der Waals surface area contributed by atoms with Gasteiger partial charge >= 0.3 is 0 Å². The first kappa shape index (κ1) is 14.4. The van der Waals surface area contributed by atoms with E-state index in [1.54, 1.807) is 17.8 Å². The van der Waals surface area contributed by atoms with E-state index in [0.29, 0.717) is 20.0 Å². The fraction of sp³-hybridized carbons (Fsp3) is 0.545. The van der Waals surface area contributed by atoms with Gasteiger partial charge in [0.2, 0.25) is 0 Å². The Morgan fingerprint density at radius 3 is 2.75 bits per heavy atom. The number of carbonyl (C=O) groups is 1. The summed E-state index contributed by atoms with van der Waals surface area (Å²) < 4.78 is 1.08. The molecule has 0 spiro atoms. The van der Waals surface area contributed by atoms with E-state index in [0.717, 1.165) is 5.75 Å². The molecule has 0 aromatic carbocycles. The van der Waals surface area contributed by atoms with Crippen molar-refractivity contribution in [2.24, 2.45) is 0 Å². The molecule has 0 amide bonds. The number of hydrogen-bond acceptors (Lipinski definition) is 3. The van der Waals surface area contributed by atoms with Gasteiger partial charge in [0.25, 0.3) is 0 Å². The van der Waals surface area contributed by atoms with Gasteiger partial charge in [-0.3, -0.25) is 4.79 Å². The molecular formula is C11H14Cl2OS2. The van der Waals surface area contributed by atoms with Crippen molar-refractivity contribution >= 4 is 52.1 Å². The van der Waals surface area contributed by atoms with Crippen molar-refractivity contribution in [3.63, 3.8) is 0 Å². The maximum atomic E-state index is 11.8. The van der Waals surface area contributed by atoms with E-state index >= 15 is 0 Å². The minimum atomic E-state index is 0.0784. The molecule has 16 heavy (non-hydrogen) atoms. The summed E-state index contributed by atoms with van der Waals surface area (Å²) in [6.45, 7) is 2.17. The Bertz CT molecular complexity index is 350. The summed E-state index contributed by atoms with van der Waals surface area (Å²) in [4.78, 5) is 11.8. The van der Waals surface area contributed by atoms with Crippen molar-refractivity contribution in [1.82, 2.24) is 0 Å². The van der Waals surface area contributed by atoms with Crippen molar-refractivity contribution in [3.8, 4) is 0 Å². The Labute approximate surface area is 115 Å². The Morgan fingerprint density at radius 2 is 2.19 bits per heavy atom. The lowest BCUT2D eigenvalue weighted by Crippen LogP contribution is -2.02. The summed E-state index contributed by atoms with van der Waals surface area (Å²) in [6, 6.07) is 1.66. The predicted molar refractivity (Wildman–Crippen MR) is 75.5 cm³/mol. The van der Waals surface area contributed by atoms with Crippen molar-refractivity contribution < 1.29 is 4.79 Å². The lowest BCUT2D eigenvalue weighted by atomic mass is 10.2. The van der Waals surface area contributed by atoms with Gasteiger partial charge in [0.15, 0.2) is 5.78 Å². The van der Waals surface area contributed by atoms with Crippen LogP contribution in [0, 0.1) is 0 Å². The smallest absolute Gasteiger partial charge is 0.175 e. The molecule has 5 heteroatoms. The number of thiophene rings is 1. The number of rotatable bonds is 7. The first-order valence-corrected chi connectivity index (χ1v) is 7.93. The van der Waals surface area contributed by atoms with E-state index in [2.05, 4.69) is 6.92 Å². The molecule has 0 unspecified atom stereocenters. The standard InChI is InChI=1S/C11H14Cl2OS2/c1-2-3-4-5-15-7-9(14)8-6-10(12)16-11(8)13/h6H,2-5,7H2,1H3. The highest BCUT2D eigenvalue weighted by molar-refractivity contribution is 7.99. The molecule has 1 heterocycles. The van der Waals surface area contributed by atoms with E-state index in [4.69, 9.17) is 23.2 Å². The lowest BCUT2D eigenvalue weighted by molar-refractivity contribution is 0.102. The van der Waals surface area contributed by atoms with Crippen LogP contribution in [0.3, 0.4) is 0 Å². The molecule has 0 saturated carbocycles. The number of halogens is 2. The van der Waals surface area contributed by atoms with Gasteiger partial charge in [-0.15, -0.1) is 11.3 Å². The maximum Gasteiger partial charge on any atom is 0.175 e. The van der Waals surface area contributed by atoms with E-state index in [1.165, 1.54) is 30.6 Å². The predicted octanol–water partition coefficient (Wildman–Crippen LogP) is 5.16. The fourth-order valence-corrected chi connectivity index (χ4v) is 3.62. The molecule has 0 aliphatic carbocycles. The van der Waals surface area contributed by atoms with Gasteiger partial charge < -0.3 is 0 Å². The van der Waals surface area contributed by atoms with Gasteiger partial charge in [-0.2, -0.15) is 11.8 Å². The van der Waals surface area contributed by atoms with Gasteiger partial charge in [-0.05, 0) is 18.2 Å². The third-order valence-corrected chi connectivity index (χ3v) is 4.61. The van der Waals surface area contributed by atoms with Crippen molar-refractivity contribution in [2.45, 2.75) is 26.2 Å². The van der Waals surface area contributed by atoms with Gasteiger partial charge in [-0.25, -0.2) is 0 Å². The molecule has 0 radical (unpaired) electrons. The Balaban J connectivity index is 2.33. The van der Waals surface area contributed by atoms with Crippen LogP contribution in [0.5, 0.6) is 0 Å². The Morgan fingerprint density at radius 1 is 1.44 bits per heavy atom. The van der Waals surface area contributed by atoms with Gasteiger partial charge in [0.05, 0.1) is 10.1 Å². The van der Waals surface area contributed by atoms with Crippen molar-refractivity contribution in [3.05, 3.63) is 20.3 Å². The summed E-state index contributed by atoms with van der Waals surface area (Å²) in [6.07, 6.45) is 3.61. The van der Waals surface area contributed by atoms with E-state index in [9.17, 15) is 4.79 Å². The molecule has 1 aromatic heterocycles. The first-order valence-electron chi connectivity index (χ1n) is 5.21. The number of Topliss-reactive ketones (excluding diaryl/α,β-unsaturated/α-hetero) is 1. The molecule has 90 valence electrons. The molecule has 0 aliphatic rings. The summed E-state index contributed by atoms with van der Waals surface area (Å²) in [7, 11) is 0. The summed E-state index contributed by atoms with van der Waals surface area (Å²) in [5.41, 5.74) is 0.569. The quantitative estimate of drug-likeness (QED) is 0.510. The number of unbranched alkanes of at least 4 members (excludes halogenated alkanes) is 2. The average Bonchev–Trinajstić information content (AvgIpc) is 2.57. The Kier molecular flexibility index (Phi) is 6.81. The second-order valence-electron chi connectivity index (χ2n) is 3.42. The van der Waals surface area contributed by atoms with Crippen LogP contribution < -0.4 is 0 Å². The highest BCUT2D eigenvalue weighted by atomic mass is 35.5. The summed E-state index contributed by atoms with van der Waals surface area (Å²) in [5.74, 6) is 1.61. The zero-order valence-electron chi connectivity index (χ0n) is 9.09. The molecule has 0 saturated heterocycles. The largest absolute Gasteiger partial charge is 0.293 e. The monoisotopic (exact) mass is 296 g/mol. The second kappa shape index (κ2) is 7.59. The Hall–Kier alpha value is 0.300. The molecule has 1 rings (SSSR count). The number of thioether (sulfide) groups is 1. The van der Waals surface area contributed by atoms with E-state index < -0.39 is 0 Å². The van der Waals surface area contributed by atoms with E-state index in [-0.39, 0.29) is 5.78 Å². The zero-order valence-corrected chi connectivity index (χ0v) is 12.2. The molecule has 1 nitrogen and oxygen atoms in total. The van der Waals surface area contributed by atoms with Crippen LogP contribution in [-0.4, -0.2) is 17.3 Å². The molecular weight excluding hydrogens is 283 g/mol. The number of hydrogen-bond donors (Lipinski definition) is 0. The minimum absolute atomic E-state index is 0.0784. The van der Waals surface area contributed by atoms with Crippen LogP contribution in [0.15, 0.2) is 6.07 Å². The van der Waals surface area contributed by atoms with Crippen LogP contribution in [0.25, 0.3) is 0 Å². The molecule has 0 bridgehead atoms. The number of ketones is 1.